The normalized spacial score (nSPS) is 19.5. The Hall–Kier alpha value is -8.94. The highest BCUT2D eigenvalue weighted by atomic mass is 19.1. The van der Waals surface area contributed by atoms with Gasteiger partial charge < -0.3 is 38.3 Å². The number of halogens is 2. The van der Waals surface area contributed by atoms with Crippen LogP contribution in [0.5, 0.6) is 0 Å². The summed E-state index contributed by atoms with van der Waals surface area (Å²) in [5.41, 5.74) is 4.11. The Morgan fingerprint density at radius 3 is 1.75 bits per heavy atom. The van der Waals surface area contributed by atoms with Gasteiger partial charge in [0.25, 0.3) is 0 Å². The van der Waals surface area contributed by atoms with Gasteiger partial charge in [-0.3, -0.25) is 19.8 Å². The standard InChI is InChI=1S/C49H47F2N13O11/c1-60(47(66)69-2)15-16-70-45(21-33-19-43(56-74-33)41-9-3-29(22-52-41)37-7-5-31(17-39(37)50)63-26-35(72-48(63)67)24-61-13-11-54-58-61)46(65)71-28-34-20-44(57-75-34)42-10-4-30(23-53-42)38-8-6-32(18-40(38)51)64-27-36(73-49(64)68)25-62-14-12-55-59-62/h3-14,17-18,22-23,33-36,45H,15-16,19-21,24-28H2,1-2H3/t33-,34-,35-,36-,45?/m0/s1. The predicted molar refractivity (Wildman–Crippen MR) is 257 cm³/mol. The van der Waals surface area contributed by atoms with E-state index in [1.54, 1.807) is 70.3 Å². The number of aromatic nitrogens is 8. The van der Waals surface area contributed by atoms with E-state index in [9.17, 15) is 19.2 Å². The van der Waals surface area contributed by atoms with Gasteiger partial charge in [-0.25, -0.2) is 37.3 Å². The van der Waals surface area contributed by atoms with Crippen LogP contribution in [0.1, 0.15) is 30.7 Å². The van der Waals surface area contributed by atoms with Crippen LogP contribution in [0.2, 0.25) is 0 Å². The van der Waals surface area contributed by atoms with Crippen molar-refractivity contribution in [1.29, 1.82) is 0 Å². The van der Waals surface area contributed by atoms with Crippen molar-refractivity contribution in [2.24, 2.45) is 10.3 Å². The molecule has 4 aliphatic heterocycles. The first-order chi connectivity index (χ1) is 36.4. The first-order valence-electron chi connectivity index (χ1n) is 23.6. The quantitative estimate of drug-likeness (QED) is 0.0762. The van der Waals surface area contributed by atoms with Crippen molar-refractivity contribution in [2.45, 2.75) is 62.9 Å². The van der Waals surface area contributed by atoms with Gasteiger partial charge in [0.1, 0.15) is 48.0 Å². The van der Waals surface area contributed by atoms with Crippen molar-refractivity contribution in [2.75, 3.05) is 56.8 Å². The number of esters is 1. The fourth-order valence-electron chi connectivity index (χ4n) is 8.69. The number of carbonyl (C=O) groups is 4. The fourth-order valence-corrected chi connectivity index (χ4v) is 8.69. The molecule has 10 rings (SSSR count). The van der Waals surface area contributed by atoms with Crippen LogP contribution >= 0.6 is 0 Å². The Labute approximate surface area is 425 Å². The second-order valence-corrected chi connectivity index (χ2v) is 17.7. The number of hydrogen-bond acceptors (Lipinski definition) is 19. The van der Waals surface area contributed by atoms with E-state index in [4.69, 9.17) is 33.4 Å². The molecule has 2 fully saturated rings. The zero-order chi connectivity index (χ0) is 52.0. The number of amides is 3. The Bertz CT molecular complexity index is 3090. The molecule has 5 atom stereocenters. The first kappa shape index (κ1) is 49.6. The van der Waals surface area contributed by atoms with Crippen LogP contribution in [0.15, 0.2) is 108 Å². The number of cyclic esters (lactones) is 2. The van der Waals surface area contributed by atoms with Gasteiger partial charge in [-0.1, -0.05) is 32.9 Å². The lowest BCUT2D eigenvalue weighted by molar-refractivity contribution is -0.163. The van der Waals surface area contributed by atoms with Crippen molar-refractivity contribution in [3.63, 3.8) is 0 Å². The lowest BCUT2D eigenvalue weighted by Crippen LogP contribution is -2.36. The summed E-state index contributed by atoms with van der Waals surface area (Å²) in [6, 6.07) is 15.7. The van der Waals surface area contributed by atoms with E-state index < -0.39 is 66.4 Å². The number of rotatable bonds is 19. The number of oxime groups is 2. The number of benzene rings is 2. The van der Waals surface area contributed by atoms with Crippen molar-refractivity contribution in [3.8, 4) is 22.3 Å². The number of nitrogens with zero attached hydrogens (tertiary/aromatic N) is 13. The van der Waals surface area contributed by atoms with E-state index in [0.29, 0.717) is 58.4 Å². The number of carbonyl (C=O) groups excluding carboxylic acids is 4. The molecule has 8 heterocycles. The molecular formula is C49H47F2N13O11. The van der Waals surface area contributed by atoms with Crippen LogP contribution in [0, 0.1) is 11.6 Å². The zero-order valence-electron chi connectivity index (χ0n) is 40.3. The predicted octanol–water partition coefficient (Wildman–Crippen LogP) is 5.03. The Kier molecular flexibility index (Phi) is 14.6. The highest BCUT2D eigenvalue weighted by Crippen LogP contribution is 2.32. The first-order valence-corrected chi connectivity index (χ1v) is 23.6. The minimum Gasteiger partial charge on any atom is -0.460 e. The molecular weight excluding hydrogens is 985 g/mol. The summed E-state index contributed by atoms with van der Waals surface area (Å²) < 4.78 is 61.5. The number of anilines is 2. The molecule has 6 aromatic rings. The second-order valence-electron chi connectivity index (χ2n) is 17.7. The summed E-state index contributed by atoms with van der Waals surface area (Å²) >= 11 is 0. The average Bonchev–Trinajstić information content (AvgIpc) is 4.30. The maximum atomic E-state index is 15.6. The highest BCUT2D eigenvalue weighted by Gasteiger charge is 2.36. The molecule has 0 N–H and O–H groups in total. The third-order valence-electron chi connectivity index (χ3n) is 12.6. The van der Waals surface area contributed by atoms with Crippen LogP contribution in [-0.2, 0) is 51.2 Å². The van der Waals surface area contributed by atoms with Crippen molar-refractivity contribution < 1.29 is 61.3 Å². The van der Waals surface area contributed by atoms with Gasteiger partial charge >= 0.3 is 24.2 Å². The molecule has 24 nitrogen and oxygen atoms in total. The molecule has 3 amide bonds. The van der Waals surface area contributed by atoms with Gasteiger partial charge in [0.05, 0.1) is 75.1 Å². The Morgan fingerprint density at radius 1 is 0.733 bits per heavy atom. The third kappa shape index (κ3) is 11.5. The molecule has 0 aliphatic carbocycles. The molecule has 4 aromatic heterocycles. The molecule has 26 heteroatoms. The molecule has 2 aromatic carbocycles. The van der Waals surface area contributed by atoms with Crippen LogP contribution < -0.4 is 9.80 Å². The maximum Gasteiger partial charge on any atom is 0.414 e. The summed E-state index contributed by atoms with van der Waals surface area (Å²) in [4.78, 5) is 75.2. The van der Waals surface area contributed by atoms with Gasteiger partial charge in [-0.05, 0) is 48.5 Å². The van der Waals surface area contributed by atoms with Gasteiger partial charge in [0.15, 0.2) is 12.2 Å². The number of likely N-dealkylation sites (N-methyl/N-ethyl adjacent to an activating group) is 1. The zero-order valence-corrected chi connectivity index (χ0v) is 40.3. The minimum atomic E-state index is -1.14. The Morgan fingerprint density at radius 2 is 1.27 bits per heavy atom. The van der Waals surface area contributed by atoms with Gasteiger partial charge in [0.2, 0.25) is 0 Å². The fraction of sp³-hybridized carbons (Fsp3) is 0.347. The molecule has 0 bridgehead atoms. The van der Waals surface area contributed by atoms with Crippen LogP contribution in [-0.4, -0.2) is 158 Å². The monoisotopic (exact) mass is 1030 g/mol. The van der Waals surface area contributed by atoms with E-state index >= 15 is 8.78 Å². The summed E-state index contributed by atoms with van der Waals surface area (Å²) in [7, 11) is 2.78. The molecule has 0 radical (unpaired) electrons. The Balaban J connectivity index is 0.711. The van der Waals surface area contributed by atoms with E-state index in [0.717, 1.165) is 0 Å². The van der Waals surface area contributed by atoms with Crippen molar-refractivity contribution in [3.05, 3.63) is 121 Å². The van der Waals surface area contributed by atoms with Gasteiger partial charge in [-0.15, -0.1) is 10.2 Å². The summed E-state index contributed by atoms with van der Waals surface area (Å²) in [5.74, 6) is -1.83. The van der Waals surface area contributed by atoms with Crippen molar-refractivity contribution in [1.82, 2.24) is 44.9 Å². The molecule has 388 valence electrons. The van der Waals surface area contributed by atoms with E-state index in [-0.39, 0.29) is 63.2 Å². The molecule has 2 saturated heterocycles. The summed E-state index contributed by atoms with van der Waals surface area (Å²) in [6.07, 6.45) is 4.75. The molecule has 1 unspecified atom stereocenters. The smallest absolute Gasteiger partial charge is 0.414 e. The molecule has 4 aliphatic rings. The number of methoxy groups -OCH3 is 1. The lowest BCUT2D eigenvalue weighted by Gasteiger charge is -2.21. The maximum absolute atomic E-state index is 15.6. The highest BCUT2D eigenvalue weighted by molar-refractivity contribution is 6.00. The van der Waals surface area contributed by atoms with E-state index in [2.05, 4.69) is 40.9 Å². The summed E-state index contributed by atoms with van der Waals surface area (Å²) in [5, 5.41) is 23.7. The SMILES string of the molecule is COC(=O)N(C)CCOC(C[C@@H]1CC(c2ccc(-c3ccc(N4C[C@H](Cn5ccnn5)OC4=O)cc3F)cn2)=NO1)C(=O)OC[C@@H]1CC(c2ccc(-c3ccc(N4C[C@H](Cn5ccnn5)OC4=O)cc3F)cn2)=NO1. The topological polar surface area (TPSA) is 255 Å². The minimum absolute atomic E-state index is 0.0260. The van der Waals surface area contributed by atoms with Gasteiger partial charge in [-0.2, -0.15) is 0 Å². The number of ether oxygens (including phenoxy) is 5. The number of hydrogen-bond donors (Lipinski definition) is 0. The molecule has 0 spiro atoms. The van der Waals surface area contributed by atoms with Crippen LogP contribution in [0.25, 0.3) is 22.3 Å². The lowest BCUT2D eigenvalue weighted by atomic mass is 10.0. The van der Waals surface area contributed by atoms with E-state index in [1.807, 2.05) is 0 Å². The molecule has 75 heavy (non-hydrogen) atoms. The molecule has 0 saturated carbocycles. The van der Waals surface area contributed by atoms with E-state index in [1.165, 1.54) is 65.8 Å². The van der Waals surface area contributed by atoms with Crippen LogP contribution in [0.3, 0.4) is 0 Å². The largest absolute Gasteiger partial charge is 0.460 e. The van der Waals surface area contributed by atoms with Crippen LogP contribution in [0.4, 0.5) is 34.5 Å². The number of pyridine rings is 2. The third-order valence-corrected chi connectivity index (χ3v) is 12.6. The summed E-state index contributed by atoms with van der Waals surface area (Å²) in [6.45, 7) is 0.934. The van der Waals surface area contributed by atoms with Gasteiger partial charge in [0, 0.05) is 79.9 Å². The average molecular weight is 1030 g/mol. The van der Waals surface area contributed by atoms with Crippen molar-refractivity contribution >= 4 is 47.0 Å². The second kappa shape index (κ2) is 22.0.